The van der Waals surface area contributed by atoms with E-state index in [9.17, 15) is 19.5 Å². The van der Waals surface area contributed by atoms with Crippen LogP contribution < -0.4 is 21.5 Å². The summed E-state index contributed by atoms with van der Waals surface area (Å²) in [5, 5.41) is 17.0. The highest BCUT2D eigenvalue weighted by molar-refractivity contribution is 5.99. The minimum atomic E-state index is -0.666. The maximum Gasteiger partial charge on any atom is 0.257 e. The van der Waals surface area contributed by atoms with Gasteiger partial charge in [-0.2, -0.15) is 0 Å². The molecule has 0 aromatic heterocycles. The molecular weight excluding hydrogens is 460 g/mol. The van der Waals surface area contributed by atoms with Crippen molar-refractivity contribution in [2.45, 2.75) is 31.5 Å². The molecule has 3 aromatic carbocycles. The Balaban J connectivity index is 1.36. The van der Waals surface area contributed by atoms with Crippen LogP contribution in [0.5, 0.6) is 5.75 Å². The fourth-order valence-electron chi connectivity index (χ4n) is 5.07. The van der Waals surface area contributed by atoms with Gasteiger partial charge in [0.25, 0.3) is 16.8 Å². The second kappa shape index (κ2) is 9.75. The molecule has 0 saturated carbocycles. The number of hydrogen-bond acceptors (Lipinski definition) is 8. The highest BCUT2D eigenvalue weighted by atomic mass is 16.5. The van der Waals surface area contributed by atoms with Crippen LogP contribution in [0.1, 0.15) is 35.3 Å². The molecule has 2 heterocycles. The van der Waals surface area contributed by atoms with Crippen LogP contribution >= 0.6 is 0 Å². The third kappa shape index (κ3) is 4.25. The van der Waals surface area contributed by atoms with Crippen molar-refractivity contribution < 1.29 is 14.6 Å². The van der Waals surface area contributed by atoms with E-state index in [2.05, 4.69) is 15.5 Å². The van der Waals surface area contributed by atoms with Gasteiger partial charge in [0.1, 0.15) is 11.4 Å². The highest BCUT2D eigenvalue weighted by Crippen LogP contribution is 2.34. The lowest BCUT2D eigenvalue weighted by molar-refractivity contribution is -0.0368. The van der Waals surface area contributed by atoms with Gasteiger partial charge < -0.3 is 25.4 Å². The third-order valence-corrected chi connectivity index (χ3v) is 7.23. The molecule has 0 spiro atoms. The zero-order chi connectivity index (χ0) is 25.4. The van der Waals surface area contributed by atoms with E-state index in [-0.39, 0.29) is 52.5 Å². The second-order valence-electron chi connectivity index (χ2n) is 9.42. The van der Waals surface area contributed by atoms with E-state index in [1.807, 2.05) is 44.3 Å². The van der Waals surface area contributed by atoms with Gasteiger partial charge in [-0.1, -0.05) is 43.3 Å². The summed E-state index contributed by atoms with van der Waals surface area (Å²) in [5.74, 6) is -0.568. The van der Waals surface area contributed by atoms with Crippen molar-refractivity contribution in [2.75, 3.05) is 43.9 Å². The predicted octanol–water partition coefficient (Wildman–Crippen LogP) is 2.45. The van der Waals surface area contributed by atoms with Crippen molar-refractivity contribution in [2.24, 2.45) is 0 Å². The largest absolute Gasteiger partial charge is 0.505 e. The summed E-state index contributed by atoms with van der Waals surface area (Å²) in [6.07, 6.45) is 0.651. The number of phenolic OH excluding ortho intramolecular Hbond substituents is 1. The number of phenols is 1. The number of morpholine rings is 1. The molecule has 0 bridgehead atoms. The van der Waals surface area contributed by atoms with Crippen molar-refractivity contribution in [3.8, 4) is 5.75 Å². The maximum absolute atomic E-state index is 13.3. The Bertz CT molecular complexity index is 1330. The first-order valence-electron chi connectivity index (χ1n) is 12.2. The Labute approximate surface area is 209 Å². The number of anilines is 3. The van der Waals surface area contributed by atoms with Crippen LogP contribution in [0, 0.1) is 0 Å². The number of ether oxygens (including phenoxy) is 1. The Morgan fingerprint density at radius 2 is 1.83 bits per heavy atom. The van der Waals surface area contributed by atoms with Crippen LogP contribution in [0.15, 0.2) is 58.1 Å². The number of hydrogen-bond donors (Lipinski definition) is 3. The number of likely N-dealkylation sites (N-methyl/N-ethyl adjacent to an activating group) is 1. The van der Waals surface area contributed by atoms with Crippen molar-refractivity contribution in [1.82, 2.24) is 9.80 Å². The van der Waals surface area contributed by atoms with Gasteiger partial charge >= 0.3 is 0 Å². The monoisotopic (exact) mass is 490 g/mol. The summed E-state index contributed by atoms with van der Waals surface area (Å²) in [5.41, 5.74) is 0.295. The summed E-state index contributed by atoms with van der Waals surface area (Å²) in [4.78, 5) is 42.0. The van der Waals surface area contributed by atoms with E-state index < -0.39 is 10.9 Å². The molecule has 0 radical (unpaired) electrons. The predicted molar refractivity (Wildman–Crippen MR) is 138 cm³/mol. The molecule has 9 heteroatoms. The smallest absolute Gasteiger partial charge is 0.257 e. The molecule has 3 N–H and O–H groups in total. The van der Waals surface area contributed by atoms with E-state index in [4.69, 9.17) is 4.74 Å². The van der Waals surface area contributed by atoms with E-state index in [1.165, 1.54) is 0 Å². The molecule has 188 valence electrons. The van der Waals surface area contributed by atoms with Crippen molar-refractivity contribution in [3.63, 3.8) is 0 Å². The Morgan fingerprint density at radius 1 is 1.08 bits per heavy atom. The van der Waals surface area contributed by atoms with Crippen molar-refractivity contribution >= 4 is 23.0 Å². The lowest BCUT2D eigenvalue weighted by atomic mass is 10.0. The summed E-state index contributed by atoms with van der Waals surface area (Å²) in [6, 6.07) is 14.4. The topological polar surface area (TPSA) is 111 Å². The van der Waals surface area contributed by atoms with Crippen LogP contribution in [0.2, 0.25) is 0 Å². The van der Waals surface area contributed by atoms with Crippen LogP contribution in [-0.4, -0.2) is 66.2 Å². The maximum atomic E-state index is 13.3. The SMILES string of the molecule is CCC(Nc1c(Nc2cccc(C(=O)N3CC4OCCN(C)C4C3)c2O)c(=O)c1=O)c1ccccc1. The summed E-state index contributed by atoms with van der Waals surface area (Å²) >= 11 is 0. The van der Waals surface area contributed by atoms with E-state index >= 15 is 0 Å². The van der Waals surface area contributed by atoms with Crippen molar-refractivity contribution in [1.29, 1.82) is 0 Å². The number of aromatic hydroxyl groups is 1. The number of benzene rings is 2. The molecule has 2 aliphatic rings. The molecule has 3 unspecified atom stereocenters. The van der Waals surface area contributed by atoms with Crippen LogP contribution in [0.4, 0.5) is 17.1 Å². The number of fused-ring (bicyclic) bond motifs is 1. The minimum Gasteiger partial charge on any atom is -0.505 e. The fourth-order valence-corrected chi connectivity index (χ4v) is 5.07. The lowest BCUT2D eigenvalue weighted by Gasteiger charge is -2.33. The third-order valence-electron chi connectivity index (χ3n) is 7.23. The number of carbonyl (C=O) groups excluding carboxylic acids is 1. The molecular formula is C27H30N4O5. The van der Waals surface area contributed by atoms with Crippen LogP contribution in [-0.2, 0) is 4.74 Å². The first-order chi connectivity index (χ1) is 17.4. The number of likely N-dealkylation sites (tertiary alicyclic amines) is 1. The van der Waals surface area contributed by atoms with E-state index in [0.29, 0.717) is 26.1 Å². The molecule has 3 aromatic rings. The van der Waals surface area contributed by atoms with Gasteiger partial charge in [0.2, 0.25) is 0 Å². The molecule has 9 nitrogen and oxygen atoms in total. The molecule has 36 heavy (non-hydrogen) atoms. The normalized spacial score (nSPS) is 20.8. The number of carbonyl (C=O) groups is 1. The van der Waals surface area contributed by atoms with Gasteiger partial charge in [0.05, 0.1) is 36.0 Å². The average Bonchev–Trinajstić information content (AvgIpc) is 3.35. The molecule has 2 saturated heterocycles. The fraction of sp³-hybridized carbons (Fsp3) is 0.370. The van der Waals surface area contributed by atoms with Gasteiger partial charge in [-0.3, -0.25) is 19.3 Å². The van der Waals surface area contributed by atoms with Gasteiger partial charge in [0, 0.05) is 19.6 Å². The van der Waals surface area contributed by atoms with Gasteiger partial charge in [-0.05, 0) is 31.2 Å². The number of rotatable bonds is 7. The summed E-state index contributed by atoms with van der Waals surface area (Å²) < 4.78 is 5.83. The quantitative estimate of drug-likeness (QED) is 0.342. The Kier molecular flexibility index (Phi) is 6.51. The lowest BCUT2D eigenvalue weighted by Crippen LogP contribution is -2.48. The molecule has 3 atom stereocenters. The molecule has 2 aliphatic heterocycles. The van der Waals surface area contributed by atoms with Crippen LogP contribution in [0.25, 0.3) is 0 Å². The minimum absolute atomic E-state index is 0.0512. The van der Waals surface area contributed by atoms with E-state index in [1.54, 1.807) is 23.1 Å². The zero-order valence-corrected chi connectivity index (χ0v) is 20.4. The van der Waals surface area contributed by atoms with Crippen molar-refractivity contribution in [3.05, 3.63) is 80.1 Å². The second-order valence-corrected chi connectivity index (χ2v) is 9.42. The first-order valence-corrected chi connectivity index (χ1v) is 12.2. The van der Waals surface area contributed by atoms with Gasteiger partial charge in [-0.15, -0.1) is 0 Å². The van der Waals surface area contributed by atoms with Gasteiger partial charge in [0.15, 0.2) is 5.75 Å². The standard InChI is InChI=1S/C27H30N4O5/c1-3-18(16-8-5-4-6-9-16)28-22-23(26(34)25(22)33)29-19-11-7-10-17(24(19)32)27(35)31-14-20-21(15-31)36-13-12-30(20)2/h4-11,18,20-21,28-29,32H,3,12-15H2,1-2H3. The number of para-hydroxylation sites is 1. The molecule has 1 amide bonds. The van der Waals surface area contributed by atoms with Gasteiger partial charge in [-0.25, -0.2) is 0 Å². The number of amides is 1. The molecule has 0 aliphatic carbocycles. The number of nitrogens with zero attached hydrogens (tertiary/aromatic N) is 2. The van der Waals surface area contributed by atoms with Crippen LogP contribution in [0.3, 0.4) is 0 Å². The van der Waals surface area contributed by atoms with E-state index in [0.717, 1.165) is 12.1 Å². The number of nitrogens with one attached hydrogen (secondary N) is 2. The zero-order valence-electron chi connectivity index (χ0n) is 20.4. The molecule has 2 fully saturated rings. The summed E-state index contributed by atoms with van der Waals surface area (Å²) in [7, 11) is 2.02. The molecule has 5 rings (SSSR count). The summed E-state index contributed by atoms with van der Waals surface area (Å²) in [6.45, 7) is 4.40. The average molecular weight is 491 g/mol. The first kappa shape index (κ1) is 24.0. The Hall–Kier alpha value is -3.69. The Morgan fingerprint density at radius 3 is 2.56 bits per heavy atom. The highest BCUT2D eigenvalue weighted by Gasteiger charge is 2.41.